The van der Waals surface area contributed by atoms with Crippen LogP contribution in [0.2, 0.25) is 0 Å². The van der Waals surface area contributed by atoms with Gasteiger partial charge in [-0.2, -0.15) is 0 Å². The zero-order chi connectivity index (χ0) is 18.9. The highest BCUT2D eigenvalue weighted by Gasteiger charge is 2.26. The fourth-order valence-corrected chi connectivity index (χ4v) is 4.67. The van der Waals surface area contributed by atoms with Crippen molar-refractivity contribution in [2.24, 2.45) is 0 Å². The summed E-state index contributed by atoms with van der Waals surface area (Å²) in [5.74, 6) is 0. The van der Waals surface area contributed by atoms with Gasteiger partial charge in [0.25, 0.3) is 0 Å². The molecule has 1 N–H and O–H groups in total. The number of thiazole rings is 1. The van der Waals surface area contributed by atoms with E-state index in [4.69, 9.17) is 0 Å². The van der Waals surface area contributed by atoms with Gasteiger partial charge in [-0.25, -0.2) is 13.4 Å². The number of hydrogen-bond donors (Lipinski definition) is 1. The van der Waals surface area contributed by atoms with Gasteiger partial charge in [0, 0.05) is 18.7 Å². The molecule has 0 fully saturated rings. The van der Waals surface area contributed by atoms with E-state index in [0.717, 1.165) is 21.5 Å². The molecule has 136 valence electrons. The molecule has 0 saturated heterocycles. The topological polar surface area (TPSA) is 102 Å². The molecule has 0 aliphatic rings. The molecule has 0 saturated carbocycles. The van der Waals surface area contributed by atoms with Crippen LogP contribution in [0.4, 0.5) is 11.4 Å². The van der Waals surface area contributed by atoms with Crippen molar-refractivity contribution in [3.8, 4) is 0 Å². The minimum atomic E-state index is -3.70. The maximum atomic E-state index is 11.8. The zero-order valence-electron chi connectivity index (χ0n) is 14.2. The molecule has 0 aliphatic carbocycles. The molecule has 0 aliphatic heterocycles. The molecule has 1 unspecified atom stereocenters. The first-order valence-electron chi connectivity index (χ1n) is 7.84. The van der Waals surface area contributed by atoms with E-state index in [9.17, 15) is 18.5 Å². The standard InChI is InChI=1S/C17H17N3O4S2/c1-11(10-16-19-12-6-3-4-8-14(12)25-16)18-13-7-5-9-15(26(2,23)24)17(13)20(21)22/h3-9,11,18H,10H2,1-2H3. The Balaban J connectivity index is 1.87. The molecular formula is C17H17N3O4S2. The van der Waals surface area contributed by atoms with Crippen LogP contribution in [-0.4, -0.2) is 30.6 Å². The van der Waals surface area contributed by atoms with Crippen LogP contribution in [0, 0.1) is 10.1 Å². The summed E-state index contributed by atoms with van der Waals surface area (Å²) in [6.45, 7) is 1.88. The number of aromatic nitrogens is 1. The van der Waals surface area contributed by atoms with E-state index in [1.165, 1.54) is 18.2 Å². The Morgan fingerprint density at radius 3 is 2.62 bits per heavy atom. The number of fused-ring (bicyclic) bond motifs is 1. The number of sulfone groups is 1. The van der Waals surface area contributed by atoms with Crippen LogP contribution in [0.25, 0.3) is 10.2 Å². The smallest absolute Gasteiger partial charge is 0.310 e. The van der Waals surface area contributed by atoms with Crippen LogP contribution in [-0.2, 0) is 16.3 Å². The molecule has 9 heteroatoms. The van der Waals surface area contributed by atoms with E-state index in [2.05, 4.69) is 10.3 Å². The highest BCUT2D eigenvalue weighted by molar-refractivity contribution is 7.90. The molecule has 0 radical (unpaired) electrons. The van der Waals surface area contributed by atoms with Crippen LogP contribution < -0.4 is 5.32 Å². The number of rotatable bonds is 6. The van der Waals surface area contributed by atoms with E-state index in [1.54, 1.807) is 11.3 Å². The molecule has 1 heterocycles. The van der Waals surface area contributed by atoms with Crippen molar-refractivity contribution in [3.05, 3.63) is 57.6 Å². The molecule has 26 heavy (non-hydrogen) atoms. The molecule has 1 atom stereocenters. The Labute approximate surface area is 154 Å². The summed E-state index contributed by atoms with van der Waals surface area (Å²) < 4.78 is 24.8. The third-order valence-corrected chi connectivity index (χ3v) is 5.99. The maximum absolute atomic E-state index is 11.8. The summed E-state index contributed by atoms with van der Waals surface area (Å²) in [4.78, 5) is 15.0. The summed E-state index contributed by atoms with van der Waals surface area (Å²) in [6, 6.07) is 11.9. The molecule has 7 nitrogen and oxygen atoms in total. The van der Waals surface area contributed by atoms with Crippen LogP contribution in [0.15, 0.2) is 47.4 Å². The lowest BCUT2D eigenvalue weighted by molar-refractivity contribution is -0.386. The SMILES string of the molecule is CC(Cc1nc2ccccc2s1)Nc1cccc(S(C)(=O)=O)c1[N+](=O)[O-]. The number of nitrogens with one attached hydrogen (secondary N) is 1. The first-order valence-corrected chi connectivity index (χ1v) is 10.5. The number of anilines is 1. The maximum Gasteiger partial charge on any atom is 0.310 e. The summed E-state index contributed by atoms with van der Waals surface area (Å²) in [6.07, 6.45) is 1.53. The van der Waals surface area contributed by atoms with Crippen molar-refractivity contribution in [3.63, 3.8) is 0 Å². The average Bonchev–Trinajstić information content (AvgIpc) is 2.95. The van der Waals surface area contributed by atoms with E-state index in [-0.39, 0.29) is 16.6 Å². The zero-order valence-corrected chi connectivity index (χ0v) is 15.8. The third kappa shape index (κ3) is 3.83. The molecule has 0 amide bonds. The van der Waals surface area contributed by atoms with Gasteiger partial charge in [0.05, 0.1) is 20.1 Å². The molecular weight excluding hydrogens is 374 g/mol. The van der Waals surface area contributed by atoms with Crippen LogP contribution in [0.5, 0.6) is 0 Å². The second kappa shape index (κ2) is 7.00. The average molecular weight is 391 g/mol. The Morgan fingerprint density at radius 2 is 1.96 bits per heavy atom. The van der Waals surface area contributed by atoms with Gasteiger partial charge in [-0.3, -0.25) is 10.1 Å². The Hall–Kier alpha value is -2.52. The molecule has 0 spiro atoms. The van der Waals surface area contributed by atoms with E-state index in [0.29, 0.717) is 6.42 Å². The molecule has 2 aromatic carbocycles. The number of hydrogen-bond acceptors (Lipinski definition) is 7. The number of nitro groups is 1. The largest absolute Gasteiger partial charge is 0.377 e. The lowest BCUT2D eigenvalue weighted by Gasteiger charge is -2.15. The Morgan fingerprint density at radius 1 is 1.23 bits per heavy atom. The predicted molar refractivity (Wildman–Crippen MR) is 103 cm³/mol. The molecule has 3 aromatic rings. The Bertz CT molecular complexity index is 1040. The van der Waals surface area contributed by atoms with Crippen LogP contribution in [0.3, 0.4) is 0 Å². The highest BCUT2D eigenvalue weighted by Crippen LogP contribution is 2.33. The molecule has 3 rings (SSSR count). The summed E-state index contributed by atoms with van der Waals surface area (Å²) >= 11 is 1.57. The number of nitro benzene ring substituents is 1. The van der Waals surface area contributed by atoms with Crippen molar-refractivity contribution < 1.29 is 13.3 Å². The fraction of sp³-hybridized carbons (Fsp3) is 0.235. The van der Waals surface area contributed by atoms with Gasteiger partial charge in [-0.05, 0) is 31.2 Å². The second-order valence-corrected chi connectivity index (χ2v) is 9.11. The van der Waals surface area contributed by atoms with Gasteiger partial charge < -0.3 is 5.32 Å². The first kappa shape index (κ1) is 18.3. The quantitative estimate of drug-likeness (QED) is 0.508. The van der Waals surface area contributed by atoms with Crippen LogP contribution in [0.1, 0.15) is 11.9 Å². The predicted octanol–water partition coefficient (Wildman–Crippen LogP) is 3.65. The lowest BCUT2D eigenvalue weighted by atomic mass is 10.2. The third-order valence-electron chi connectivity index (χ3n) is 3.80. The van der Waals surface area contributed by atoms with Crippen molar-refractivity contribution in [1.82, 2.24) is 4.98 Å². The van der Waals surface area contributed by atoms with E-state index < -0.39 is 20.4 Å². The van der Waals surface area contributed by atoms with Crippen LogP contribution >= 0.6 is 11.3 Å². The lowest BCUT2D eigenvalue weighted by Crippen LogP contribution is -2.19. The van der Waals surface area contributed by atoms with Gasteiger partial charge in [0.15, 0.2) is 9.84 Å². The number of para-hydroxylation sites is 2. The number of nitrogens with zero attached hydrogens (tertiary/aromatic N) is 2. The first-order chi connectivity index (χ1) is 12.3. The second-order valence-electron chi connectivity index (χ2n) is 6.01. The molecule has 1 aromatic heterocycles. The minimum Gasteiger partial charge on any atom is -0.377 e. The van der Waals surface area contributed by atoms with Crippen molar-refractivity contribution in [2.45, 2.75) is 24.3 Å². The number of benzene rings is 2. The normalized spacial score (nSPS) is 12.8. The fourth-order valence-electron chi connectivity index (χ4n) is 2.71. The van der Waals surface area contributed by atoms with Crippen molar-refractivity contribution >= 4 is 42.8 Å². The van der Waals surface area contributed by atoms with Gasteiger partial charge in [-0.15, -0.1) is 11.3 Å². The van der Waals surface area contributed by atoms with E-state index in [1.807, 2.05) is 31.2 Å². The van der Waals surface area contributed by atoms with Crippen molar-refractivity contribution in [1.29, 1.82) is 0 Å². The van der Waals surface area contributed by atoms with Crippen molar-refractivity contribution in [2.75, 3.05) is 11.6 Å². The highest BCUT2D eigenvalue weighted by atomic mass is 32.2. The van der Waals surface area contributed by atoms with Gasteiger partial charge in [0.2, 0.25) is 0 Å². The molecule has 0 bridgehead atoms. The monoisotopic (exact) mass is 391 g/mol. The summed E-state index contributed by atoms with van der Waals surface area (Å²) in [7, 11) is -3.70. The van der Waals surface area contributed by atoms with Gasteiger partial charge in [-0.1, -0.05) is 18.2 Å². The summed E-state index contributed by atoms with van der Waals surface area (Å²) in [5, 5.41) is 15.4. The van der Waals surface area contributed by atoms with E-state index >= 15 is 0 Å². The minimum absolute atomic E-state index is 0.163. The Kier molecular flexibility index (Phi) is 4.92. The van der Waals surface area contributed by atoms with Gasteiger partial charge >= 0.3 is 5.69 Å². The summed E-state index contributed by atoms with van der Waals surface area (Å²) in [5.41, 5.74) is 0.683. The van der Waals surface area contributed by atoms with Gasteiger partial charge in [0.1, 0.15) is 10.6 Å².